The van der Waals surface area contributed by atoms with E-state index in [9.17, 15) is 14.3 Å². The summed E-state index contributed by atoms with van der Waals surface area (Å²) in [5, 5.41) is 17.0. The van der Waals surface area contributed by atoms with Crippen LogP contribution in [-0.2, 0) is 4.79 Å². The highest BCUT2D eigenvalue weighted by molar-refractivity contribution is 6.31. The Kier molecular flexibility index (Phi) is 5.09. The Labute approximate surface area is 183 Å². The van der Waals surface area contributed by atoms with E-state index in [-0.39, 0.29) is 17.7 Å². The Morgan fingerprint density at radius 3 is 2.81 bits per heavy atom. The Hall–Kier alpha value is -3.00. The molecule has 1 aromatic rings. The van der Waals surface area contributed by atoms with Gasteiger partial charge in [0.15, 0.2) is 6.17 Å². The van der Waals surface area contributed by atoms with Crippen LogP contribution in [0.5, 0.6) is 0 Å². The lowest BCUT2D eigenvalue weighted by Gasteiger charge is -2.37. The van der Waals surface area contributed by atoms with Gasteiger partial charge in [-0.05, 0) is 50.2 Å². The number of carbonyl (C=O) groups is 1. The molecular weight excluding hydrogens is 421 g/mol. The van der Waals surface area contributed by atoms with Gasteiger partial charge in [0, 0.05) is 34.6 Å². The SMILES string of the molecule is O=C(O)C1=C2CC=C(Cl)C=C2N=CC2N1C=NN2C1CCC(c2cccnc2F)CC1. The average Bonchev–Trinajstić information content (AvgIpc) is 3.10. The van der Waals surface area contributed by atoms with Gasteiger partial charge in [-0.25, -0.2) is 9.78 Å². The topological polar surface area (TPSA) is 81.4 Å². The smallest absolute Gasteiger partial charge is 0.353 e. The standard InChI is InChI=1S/C22H21ClFN5O2/c23-14-5-8-17-18(10-14)26-11-19-28(20(17)22(30)31)12-27-29(19)15-6-3-13(4-7-15)16-2-1-9-25-21(16)24/h1-2,5,9-13,15,19H,3-4,6-8H2,(H,30,31). The number of fused-ring (bicyclic) bond motifs is 2. The van der Waals surface area contributed by atoms with Crippen LogP contribution in [0.4, 0.5) is 4.39 Å². The molecule has 1 atom stereocenters. The van der Waals surface area contributed by atoms with Crippen molar-refractivity contribution in [3.63, 3.8) is 0 Å². The number of carboxylic acid groups (broad SMARTS) is 1. The van der Waals surface area contributed by atoms with E-state index in [1.54, 1.807) is 41.7 Å². The second kappa shape index (κ2) is 7.92. The summed E-state index contributed by atoms with van der Waals surface area (Å²) in [4.78, 5) is 22.1. The van der Waals surface area contributed by atoms with E-state index in [4.69, 9.17) is 11.6 Å². The zero-order valence-electron chi connectivity index (χ0n) is 16.7. The van der Waals surface area contributed by atoms with E-state index in [2.05, 4.69) is 15.1 Å². The molecule has 31 heavy (non-hydrogen) atoms. The maximum atomic E-state index is 14.1. The van der Waals surface area contributed by atoms with Crippen molar-refractivity contribution in [3.8, 4) is 0 Å². The number of aliphatic imine (C=N–C) groups is 1. The van der Waals surface area contributed by atoms with Crippen LogP contribution < -0.4 is 0 Å². The first-order valence-corrected chi connectivity index (χ1v) is 10.7. The first-order chi connectivity index (χ1) is 15.0. The maximum absolute atomic E-state index is 14.1. The van der Waals surface area contributed by atoms with Crippen LogP contribution in [0.3, 0.4) is 0 Å². The van der Waals surface area contributed by atoms with Crippen LogP contribution in [0.1, 0.15) is 43.6 Å². The van der Waals surface area contributed by atoms with Gasteiger partial charge in [0.05, 0.1) is 5.70 Å². The van der Waals surface area contributed by atoms with Crippen molar-refractivity contribution in [2.24, 2.45) is 10.1 Å². The lowest BCUT2D eigenvalue weighted by atomic mass is 9.82. The second-order valence-corrected chi connectivity index (χ2v) is 8.49. The van der Waals surface area contributed by atoms with Crippen molar-refractivity contribution in [1.29, 1.82) is 0 Å². The Morgan fingerprint density at radius 1 is 1.26 bits per heavy atom. The summed E-state index contributed by atoms with van der Waals surface area (Å²) in [6.07, 6.45) is 11.5. The molecule has 0 saturated heterocycles. The Bertz CT molecular complexity index is 1070. The van der Waals surface area contributed by atoms with E-state index < -0.39 is 18.1 Å². The fourth-order valence-corrected chi connectivity index (χ4v) is 5.01. The Balaban J connectivity index is 1.37. The van der Waals surface area contributed by atoms with Gasteiger partial charge in [-0.2, -0.15) is 9.49 Å². The van der Waals surface area contributed by atoms with Gasteiger partial charge >= 0.3 is 5.97 Å². The highest BCUT2D eigenvalue weighted by atomic mass is 35.5. The monoisotopic (exact) mass is 441 g/mol. The summed E-state index contributed by atoms with van der Waals surface area (Å²) in [7, 11) is 0. The zero-order chi connectivity index (χ0) is 21.5. The lowest BCUT2D eigenvalue weighted by Crippen LogP contribution is -2.47. The molecule has 0 spiro atoms. The van der Waals surface area contributed by atoms with Crippen LogP contribution in [0.25, 0.3) is 0 Å². The molecular formula is C22H21ClFN5O2. The van der Waals surface area contributed by atoms with E-state index in [1.807, 2.05) is 5.01 Å². The third-order valence-electron chi connectivity index (χ3n) is 6.34. The first-order valence-electron chi connectivity index (χ1n) is 10.3. The van der Waals surface area contributed by atoms with Crippen molar-refractivity contribution in [1.82, 2.24) is 14.9 Å². The molecule has 2 aliphatic carbocycles. The fourth-order valence-electron chi connectivity index (χ4n) is 4.83. The van der Waals surface area contributed by atoms with Crippen molar-refractivity contribution in [2.45, 2.75) is 50.2 Å². The van der Waals surface area contributed by atoms with Gasteiger partial charge in [-0.3, -0.25) is 14.9 Å². The molecule has 0 aromatic carbocycles. The predicted octanol–water partition coefficient (Wildman–Crippen LogP) is 3.97. The van der Waals surface area contributed by atoms with Gasteiger partial charge in [-0.15, -0.1) is 0 Å². The number of pyridine rings is 1. The molecule has 2 aliphatic heterocycles. The minimum absolute atomic E-state index is 0.115. The molecule has 4 aliphatic rings. The normalized spacial score (nSPS) is 27.5. The molecule has 3 heterocycles. The molecule has 0 radical (unpaired) electrons. The second-order valence-electron chi connectivity index (χ2n) is 8.05. The summed E-state index contributed by atoms with van der Waals surface area (Å²) in [5.74, 6) is -1.28. The fraction of sp³-hybridized carbons (Fsp3) is 0.364. The molecule has 1 N–H and O–H groups in total. The van der Waals surface area contributed by atoms with Gasteiger partial charge in [0.2, 0.25) is 5.95 Å². The summed E-state index contributed by atoms with van der Waals surface area (Å²) < 4.78 is 14.1. The highest BCUT2D eigenvalue weighted by Crippen LogP contribution is 2.39. The number of carboxylic acids is 1. The summed E-state index contributed by atoms with van der Waals surface area (Å²) in [6, 6.07) is 3.69. The highest BCUT2D eigenvalue weighted by Gasteiger charge is 2.40. The number of aliphatic carboxylic acids is 1. The summed E-state index contributed by atoms with van der Waals surface area (Å²) in [6.45, 7) is 0. The number of rotatable bonds is 3. The van der Waals surface area contributed by atoms with E-state index in [0.717, 1.165) is 25.7 Å². The first kappa shape index (κ1) is 19.9. The molecule has 1 unspecified atom stereocenters. The lowest BCUT2D eigenvalue weighted by molar-refractivity contribution is -0.134. The zero-order valence-corrected chi connectivity index (χ0v) is 17.4. The van der Waals surface area contributed by atoms with Gasteiger partial charge in [0.25, 0.3) is 0 Å². The van der Waals surface area contributed by atoms with Crippen molar-refractivity contribution in [3.05, 3.63) is 64.0 Å². The number of nitrogens with zero attached hydrogens (tertiary/aromatic N) is 5. The average molecular weight is 442 g/mol. The van der Waals surface area contributed by atoms with E-state index in [0.29, 0.717) is 28.3 Å². The van der Waals surface area contributed by atoms with Crippen LogP contribution in [-0.4, -0.2) is 50.7 Å². The minimum Gasteiger partial charge on any atom is -0.477 e. The van der Waals surface area contributed by atoms with Gasteiger partial charge < -0.3 is 5.11 Å². The largest absolute Gasteiger partial charge is 0.477 e. The minimum atomic E-state index is -1.02. The molecule has 1 saturated carbocycles. The van der Waals surface area contributed by atoms with Gasteiger partial charge in [0.1, 0.15) is 12.0 Å². The van der Waals surface area contributed by atoms with Crippen LogP contribution in [0, 0.1) is 5.95 Å². The number of halogens is 2. The number of hydrogen-bond acceptors (Lipinski definition) is 6. The number of aromatic nitrogens is 1. The predicted molar refractivity (Wildman–Crippen MR) is 115 cm³/mol. The van der Waals surface area contributed by atoms with Crippen molar-refractivity contribution < 1.29 is 14.3 Å². The maximum Gasteiger partial charge on any atom is 0.353 e. The quantitative estimate of drug-likeness (QED) is 0.718. The molecule has 0 amide bonds. The van der Waals surface area contributed by atoms with Crippen LogP contribution in [0.15, 0.2) is 62.6 Å². The number of hydrogen-bond donors (Lipinski definition) is 1. The molecule has 0 bridgehead atoms. The van der Waals surface area contributed by atoms with E-state index >= 15 is 0 Å². The van der Waals surface area contributed by atoms with Crippen molar-refractivity contribution in [2.75, 3.05) is 0 Å². The third-order valence-corrected chi connectivity index (χ3v) is 6.61. The summed E-state index contributed by atoms with van der Waals surface area (Å²) in [5.41, 5.74) is 2.04. The summed E-state index contributed by atoms with van der Waals surface area (Å²) >= 11 is 6.12. The van der Waals surface area contributed by atoms with Crippen LogP contribution >= 0.6 is 11.6 Å². The van der Waals surface area contributed by atoms with Crippen molar-refractivity contribution >= 4 is 30.1 Å². The van der Waals surface area contributed by atoms with Gasteiger partial charge in [-0.1, -0.05) is 23.7 Å². The number of allylic oxidation sites excluding steroid dienone is 4. The van der Waals surface area contributed by atoms with E-state index in [1.165, 1.54) is 6.20 Å². The Morgan fingerprint density at radius 2 is 2.06 bits per heavy atom. The molecule has 9 heteroatoms. The molecule has 1 aromatic heterocycles. The molecule has 1 fully saturated rings. The van der Waals surface area contributed by atoms with Crippen LogP contribution in [0.2, 0.25) is 0 Å². The number of hydrazone groups is 1. The molecule has 160 valence electrons. The molecule has 5 rings (SSSR count). The third kappa shape index (κ3) is 3.54. The molecule has 7 nitrogen and oxygen atoms in total.